The number of likely N-dealkylation sites (N-methyl/N-ethyl adjacent to an activating group) is 1. The number of carbonyl (C=O) groups is 1. The highest BCUT2D eigenvalue weighted by atomic mass is 32.1. The molecule has 0 aliphatic carbocycles. The van der Waals surface area contributed by atoms with Crippen molar-refractivity contribution < 1.29 is 9.18 Å². The first-order valence-corrected chi connectivity index (χ1v) is 10.9. The average molecular weight is 425 g/mol. The van der Waals surface area contributed by atoms with E-state index in [-0.39, 0.29) is 11.7 Å². The van der Waals surface area contributed by atoms with Crippen molar-refractivity contribution in [3.63, 3.8) is 0 Å². The molecule has 0 unspecified atom stereocenters. The monoisotopic (exact) mass is 424 g/mol. The van der Waals surface area contributed by atoms with E-state index in [0.717, 1.165) is 43.0 Å². The summed E-state index contributed by atoms with van der Waals surface area (Å²) in [6.45, 7) is 4.39. The van der Waals surface area contributed by atoms with Crippen LogP contribution < -0.4 is 4.90 Å². The molecule has 7 heteroatoms. The molecule has 1 amide bonds. The minimum atomic E-state index is -0.283. The van der Waals surface area contributed by atoms with E-state index in [4.69, 9.17) is 4.98 Å². The number of aromatic nitrogens is 1. The molecule has 0 spiro atoms. The summed E-state index contributed by atoms with van der Waals surface area (Å²) in [6.07, 6.45) is 0. The van der Waals surface area contributed by atoms with Crippen LogP contribution in [0.4, 0.5) is 9.52 Å². The van der Waals surface area contributed by atoms with E-state index >= 15 is 0 Å². The summed E-state index contributed by atoms with van der Waals surface area (Å²) < 4.78 is 13.3. The molecule has 1 aromatic heterocycles. The molecule has 4 rings (SSSR count). The Bertz CT molecular complexity index is 968. The van der Waals surface area contributed by atoms with Gasteiger partial charge in [-0.3, -0.25) is 14.6 Å². The van der Waals surface area contributed by atoms with Crippen LogP contribution in [0.5, 0.6) is 0 Å². The van der Waals surface area contributed by atoms with E-state index < -0.39 is 0 Å². The third-order valence-electron chi connectivity index (χ3n) is 5.30. The van der Waals surface area contributed by atoms with Crippen molar-refractivity contribution in [2.75, 3.05) is 44.7 Å². The molecule has 0 N–H and O–H groups in total. The van der Waals surface area contributed by atoms with Crippen molar-refractivity contribution >= 4 is 22.4 Å². The van der Waals surface area contributed by atoms with Crippen molar-refractivity contribution in [1.82, 2.24) is 14.8 Å². The van der Waals surface area contributed by atoms with Crippen LogP contribution in [-0.4, -0.2) is 60.5 Å². The maximum Gasteiger partial charge on any atom is 0.243 e. The number of nitrogens with zero attached hydrogens (tertiary/aromatic N) is 4. The quantitative estimate of drug-likeness (QED) is 0.605. The first kappa shape index (κ1) is 20.7. The van der Waals surface area contributed by atoms with Gasteiger partial charge in [-0.15, -0.1) is 11.3 Å². The molecular weight excluding hydrogens is 399 g/mol. The van der Waals surface area contributed by atoms with Crippen LogP contribution in [0.1, 0.15) is 5.56 Å². The zero-order valence-corrected chi connectivity index (χ0v) is 17.8. The van der Waals surface area contributed by atoms with Gasteiger partial charge in [0.2, 0.25) is 5.91 Å². The van der Waals surface area contributed by atoms with Crippen molar-refractivity contribution in [3.8, 4) is 11.3 Å². The van der Waals surface area contributed by atoms with Gasteiger partial charge in [0, 0.05) is 37.1 Å². The average Bonchev–Trinajstić information content (AvgIpc) is 3.25. The number of hydrogen-bond acceptors (Lipinski definition) is 5. The van der Waals surface area contributed by atoms with Crippen LogP contribution in [0.15, 0.2) is 60.0 Å². The number of amides is 1. The van der Waals surface area contributed by atoms with Gasteiger partial charge in [0.15, 0.2) is 5.13 Å². The normalized spacial score (nSPS) is 15.3. The van der Waals surface area contributed by atoms with Crippen LogP contribution in [-0.2, 0) is 11.3 Å². The van der Waals surface area contributed by atoms with Crippen molar-refractivity contribution in [2.24, 2.45) is 0 Å². The molecule has 0 radical (unpaired) electrons. The Balaban J connectivity index is 1.56. The van der Waals surface area contributed by atoms with Gasteiger partial charge in [-0.2, -0.15) is 0 Å². The lowest BCUT2D eigenvalue weighted by Gasteiger charge is -2.33. The van der Waals surface area contributed by atoms with Crippen LogP contribution >= 0.6 is 11.3 Å². The van der Waals surface area contributed by atoms with Crippen LogP contribution in [0, 0.1) is 5.82 Å². The summed E-state index contributed by atoms with van der Waals surface area (Å²) in [6, 6.07) is 16.2. The number of benzene rings is 2. The molecule has 1 aliphatic rings. The third kappa shape index (κ3) is 5.11. The number of piperazine rings is 1. The van der Waals surface area contributed by atoms with Crippen molar-refractivity contribution in [1.29, 1.82) is 0 Å². The summed E-state index contributed by atoms with van der Waals surface area (Å²) in [7, 11) is 2.10. The van der Waals surface area contributed by atoms with Crippen LogP contribution in [0.2, 0.25) is 0 Å². The first-order valence-electron chi connectivity index (χ1n) is 10.0. The first-order chi connectivity index (χ1) is 14.6. The van der Waals surface area contributed by atoms with Gasteiger partial charge < -0.3 is 4.90 Å². The number of rotatable bonds is 6. The van der Waals surface area contributed by atoms with Gasteiger partial charge in [0.05, 0.1) is 18.8 Å². The van der Waals surface area contributed by atoms with Gasteiger partial charge >= 0.3 is 0 Å². The van der Waals surface area contributed by atoms with Crippen molar-refractivity contribution in [3.05, 3.63) is 71.4 Å². The fraction of sp³-hybridized carbons (Fsp3) is 0.304. The molecule has 2 aromatic carbocycles. The molecule has 0 saturated carbocycles. The van der Waals surface area contributed by atoms with E-state index in [1.54, 1.807) is 17.0 Å². The lowest BCUT2D eigenvalue weighted by Crippen LogP contribution is -2.48. The fourth-order valence-electron chi connectivity index (χ4n) is 3.45. The highest BCUT2D eigenvalue weighted by Crippen LogP contribution is 2.28. The van der Waals surface area contributed by atoms with E-state index in [2.05, 4.69) is 16.8 Å². The molecule has 1 saturated heterocycles. The standard InChI is InChI=1S/C23H25FN4OS/c1-26-11-13-27(14-12-26)16-22(29)28(15-18-7-9-20(24)10-8-18)23-25-21(17-30-23)19-5-3-2-4-6-19/h2-10,17H,11-16H2,1H3. The van der Waals surface area contributed by atoms with E-state index in [9.17, 15) is 9.18 Å². The number of halogens is 1. The molecule has 1 fully saturated rings. The third-order valence-corrected chi connectivity index (χ3v) is 6.17. The highest BCUT2D eigenvalue weighted by molar-refractivity contribution is 7.14. The predicted octanol–water partition coefficient (Wildman–Crippen LogP) is 3.73. The Morgan fingerprint density at radius 2 is 1.77 bits per heavy atom. The largest absolute Gasteiger partial charge is 0.304 e. The number of carbonyl (C=O) groups excluding carboxylic acids is 1. The molecule has 0 bridgehead atoms. The SMILES string of the molecule is CN1CCN(CC(=O)N(Cc2ccc(F)cc2)c2nc(-c3ccccc3)cs2)CC1. The molecule has 5 nitrogen and oxygen atoms in total. The molecule has 0 atom stereocenters. The molecule has 2 heterocycles. The molecular formula is C23H25FN4OS. The molecule has 1 aliphatic heterocycles. The van der Waals surface area contributed by atoms with Gasteiger partial charge in [0.1, 0.15) is 5.82 Å². The van der Waals surface area contributed by atoms with Crippen LogP contribution in [0.25, 0.3) is 11.3 Å². The van der Waals surface area contributed by atoms with Gasteiger partial charge in [0.25, 0.3) is 0 Å². The van der Waals surface area contributed by atoms with Crippen LogP contribution in [0.3, 0.4) is 0 Å². The van der Waals surface area contributed by atoms with E-state index in [0.29, 0.717) is 18.2 Å². The number of thiazole rings is 1. The lowest BCUT2D eigenvalue weighted by atomic mass is 10.2. The van der Waals surface area contributed by atoms with Gasteiger partial charge in [-0.25, -0.2) is 9.37 Å². The maximum absolute atomic E-state index is 13.3. The highest BCUT2D eigenvalue weighted by Gasteiger charge is 2.24. The number of anilines is 1. The topological polar surface area (TPSA) is 39.7 Å². The minimum Gasteiger partial charge on any atom is -0.304 e. The van der Waals surface area contributed by atoms with E-state index in [1.807, 2.05) is 35.7 Å². The second kappa shape index (κ2) is 9.47. The zero-order chi connectivity index (χ0) is 20.9. The second-order valence-corrected chi connectivity index (χ2v) is 8.40. The Kier molecular flexibility index (Phi) is 6.52. The number of hydrogen-bond donors (Lipinski definition) is 0. The van der Waals surface area contributed by atoms with Gasteiger partial charge in [-0.1, -0.05) is 42.5 Å². The fourth-order valence-corrected chi connectivity index (χ4v) is 4.30. The van der Waals surface area contributed by atoms with Gasteiger partial charge in [-0.05, 0) is 24.7 Å². The second-order valence-electron chi connectivity index (χ2n) is 7.57. The summed E-state index contributed by atoms with van der Waals surface area (Å²) in [5.41, 5.74) is 2.75. The Morgan fingerprint density at radius 1 is 1.07 bits per heavy atom. The maximum atomic E-state index is 13.3. The predicted molar refractivity (Wildman–Crippen MR) is 119 cm³/mol. The zero-order valence-electron chi connectivity index (χ0n) is 17.0. The summed E-state index contributed by atoms with van der Waals surface area (Å²) in [4.78, 5) is 24.2. The molecule has 30 heavy (non-hydrogen) atoms. The Hall–Kier alpha value is -2.61. The van der Waals surface area contributed by atoms with Crippen molar-refractivity contribution in [2.45, 2.75) is 6.54 Å². The van der Waals surface area contributed by atoms with E-state index in [1.165, 1.54) is 23.5 Å². The Morgan fingerprint density at radius 3 is 2.47 bits per heavy atom. The summed E-state index contributed by atoms with van der Waals surface area (Å²) >= 11 is 1.46. The summed E-state index contributed by atoms with van der Waals surface area (Å²) in [5, 5.41) is 2.64. The summed E-state index contributed by atoms with van der Waals surface area (Å²) in [5.74, 6) is -0.271. The lowest BCUT2D eigenvalue weighted by molar-refractivity contribution is -0.120. The molecule has 3 aromatic rings. The molecule has 156 valence electrons. The Labute approximate surface area is 180 Å². The minimum absolute atomic E-state index is 0.0119. The smallest absolute Gasteiger partial charge is 0.243 e.